The Bertz CT molecular complexity index is 555. The number of nitrogens with zero attached hydrogens (tertiary/aromatic N) is 2. The van der Waals surface area contributed by atoms with Crippen LogP contribution in [0.25, 0.3) is 0 Å². The number of ether oxygens (including phenoxy) is 1. The summed E-state index contributed by atoms with van der Waals surface area (Å²) in [6.07, 6.45) is 0.337. The van der Waals surface area contributed by atoms with Crippen LogP contribution in [0.1, 0.15) is 16.8 Å². The summed E-state index contributed by atoms with van der Waals surface area (Å²) < 4.78 is 5.26. The normalized spacial score (nSPS) is 18.9. The van der Waals surface area contributed by atoms with Crippen LogP contribution in [-0.2, 0) is 4.74 Å². The van der Waals surface area contributed by atoms with E-state index in [2.05, 4.69) is 0 Å². The zero-order valence-corrected chi connectivity index (χ0v) is 11.7. The highest BCUT2D eigenvalue weighted by Crippen LogP contribution is 2.30. The van der Waals surface area contributed by atoms with Crippen LogP contribution in [0.2, 0.25) is 5.02 Å². The van der Waals surface area contributed by atoms with E-state index in [1.165, 1.54) is 0 Å². The van der Waals surface area contributed by atoms with E-state index in [1.54, 1.807) is 28.0 Å². The quantitative estimate of drug-likeness (QED) is 0.737. The first kappa shape index (κ1) is 13.4. The molecule has 0 aliphatic carbocycles. The summed E-state index contributed by atoms with van der Waals surface area (Å²) in [6.45, 7) is 2.72. The molecule has 2 aliphatic rings. The van der Waals surface area contributed by atoms with Crippen LogP contribution in [0.4, 0.5) is 10.5 Å². The topological polar surface area (TPSA) is 49.9 Å². The number of urea groups is 1. The van der Waals surface area contributed by atoms with Crippen molar-refractivity contribution in [2.75, 3.05) is 37.7 Å². The van der Waals surface area contributed by atoms with Gasteiger partial charge in [0, 0.05) is 36.6 Å². The van der Waals surface area contributed by atoms with Gasteiger partial charge in [-0.2, -0.15) is 0 Å². The number of ketones is 1. The van der Waals surface area contributed by atoms with Crippen LogP contribution >= 0.6 is 11.6 Å². The van der Waals surface area contributed by atoms with Crippen molar-refractivity contribution in [3.63, 3.8) is 0 Å². The Morgan fingerprint density at radius 2 is 1.95 bits per heavy atom. The maximum absolute atomic E-state index is 12.6. The zero-order valence-electron chi connectivity index (χ0n) is 11.0. The van der Waals surface area contributed by atoms with Gasteiger partial charge in [0.25, 0.3) is 0 Å². The first-order valence-corrected chi connectivity index (χ1v) is 7.01. The average molecular weight is 295 g/mol. The van der Waals surface area contributed by atoms with Crippen molar-refractivity contribution < 1.29 is 14.3 Å². The number of anilines is 1. The second-order valence-corrected chi connectivity index (χ2v) is 5.30. The Balaban J connectivity index is 1.90. The number of amides is 2. The molecule has 1 aromatic rings. The molecular formula is C14H15ClN2O3. The van der Waals surface area contributed by atoms with E-state index in [1.807, 2.05) is 0 Å². The number of morpholine rings is 1. The van der Waals surface area contributed by atoms with Gasteiger partial charge in [-0.15, -0.1) is 0 Å². The summed E-state index contributed by atoms with van der Waals surface area (Å²) in [7, 11) is 0. The molecule has 106 valence electrons. The zero-order chi connectivity index (χ0) is 14.1. The molecule has 2 aliphatic heterocycles. The number of hydrogen-bond donors (Lipinski definition) is 0. The fraction of sp³-hybridized carbons (Fsp3) is 0.429. The lowest BCUT2D eigenvalue weighted by molar-refractivity contribution is 0.0547. The third-order valence-electron chi connectivity index (χ3n) is 3.62. The van der Waals surface area contributed by atoms with Gasteiger partial charge in [0.1, 0.15) is 0 Å². The Kier molecular flexibility index (Phi) is 3.63. The van der Waals surface area contributed by atoms with Crippen molar-refractivity contribution in [1.29, 1.82) is 0 Å². The maximum atomic E-state index is 12.6. The average Bonchev–Trinajstić information content (AvgIpc) is 2.48. The maximum Gasteiger partial charge on any atom is 0.324 e. The molecule has 0 bridgehead atoms. The predicted octanol–water partition coefficient (Wildman–Crippen LogP) is 2.18. The van der Waals surface area contributed by atoms with Crippen LogP contribution in [0.5, 0.6) is 0 Å². The molecule has 2 heterocycles. The van der Waals surface area contributed by atoms with Crippen molar-refractivity contribution >= 4 is 29.1 Å². The fourth-order valence-electron chi connectivity index (χ4n) is 2.56. The molecule has 0 atom stereocenters. The molecule has 0 spiro atoms. The van der Waals surface area contributed by atoms with E-state index in [-0.39, 0.29) is 11.8 Å². The molecule has 1 aromatic carbocycles. The molecule has 0 N–H and O–H groups in total. The van der Waals surface area contributed by atoms with Gasteiger partial charge in [0.2, 0.25) is 0 Å². The Morgan fingerprint density at radius 1 is 1.20 bits per heavy atom. The van der Waals surface area contributed by atoms with E-state index in [0.29, 0.717) is 55.5 Å². The molecule has 0 unspecified atom stereocenters. The molecule has 0 aromatic heterocycles. The molecule has 6 heteroatoms. The van der Waals surface area contributed by atoms with Crippen molar-refractivity contribution in [3.8, 4) is 0 Å². The Morgan fingerprint density at radius 3 is 2.70 bits per heavy atom. The van der Waals surface area contributed by atoms with Crippen LogP contribution in [0, 0.1) is 0 Å². The number of halogens is 1. The second-order valence-electron chi connectivity index (χ2n) is 4.87. The van der Waals surface area contributed by atoms with Crippen LogP contribution in [0.15, 0.2) is 18.2 Å². The highest BCUT2D eigenvalue weighted by atomic mass is 35.5. The van der Waals surface area contributed by atoms with Gasteiger partial charge in [0.05, 0.1) is 18.9 Å². The lowest BCUT2D eigenvalue weighted by atomic mass is 10.0. The number of carbonyl (C=O) groups is 2. The van der Waals surface area contributed by atoms with Crippen molar-refractivity contribution in [3.05, 3.63) is 28.8 Å². The summed E-state index contributed by atoms with van der Waals surface area (Å²) in [5, 5.41) is 0.512. The minimum atomic E-state index is -0.0654. The van der Waals surface area contributed by atoms with E-state index < -0.39 is 0 Å². The number of fused-ring (bicyclic) bond motifs is 1. The molecule has 20 heavy (non-hydrogen) atoms. The van der Waals surface area contributed by atoms with E-state index in [9.17, 15) is 9.59 Å². The minimum absolute atomic E-state index is 0.0357. The number of carbonyl (C=O) groups excluding carboxylic acids is 2. The Hall–Kier alpha value is -1.59. The van der Waals surface area contributed by atoms with Crippen LogP contribution < -0.4 is 4.90 Å². The smallest absolute Gasteiger partial charge is 0.324 e. The van der Waals surface area contributed by atoms with Gasteiger partial charge in [-0.05, 0) is 18.2 Å². The molecule has 5 nitrogen and oxygen atoms in total. The molecular weight excluding hydrogens is 280 g/mol. The van der Waals surface area contributed by atoms with Gasteiger partial charge in [0.15, 0.2) is 5.78 Å². The van der Waals surface area contributed by atoms with Crippen molar-refractivity contribution in [2.24, 2.45) is 0 Å². The highest BCUT2D eigenvalue weighted by Gasteiger charge is 2.30. The lowest BCUT2D eigenvalue weighted by Gasteiger charge is -2.35. The Labute approximate surface area is 122 Å². The van der Waals surface area contributed by atoms with E-state index >= 15 is 0 Å². The largest absolute Gasteiger partial charge is 0.378 e. The third kappa shape index (κ3) is 2.39. The molecule has 3 rings (SSSR count). The van der Waals surface area contributed by atoms with Crippen LogP contribution in [-0.4, -0.2) is 49.6 Å². The molecule has 0 radical (unpaired) electrons. The number of rotatable bonds is 0. The van der Waals surface area contributed by atoms with Gasteiger partial charge in [-0.25, -0.2) is 4.79 Å². The van der Waals surface area contributed by atoms with Crippen molar-refractivity contribution in [1.82, 2.24) is 4.90 Å². The first-order valence-electron chi connectivity index (χ1n) is 6.64. The predicted molar refractivity (Wildman–Crippen MR) is 75.5 cm³/mol. The number of Topliss-reactive ketones (excluding diaryl/α,β-unsaturated/α-hetero) is 1. The fourth-order valence-corrected chi connectivity index (χ4v) is 2.73. The second kappa shape index (κ2) is 5.42. The molecule has 0 saturated carbocycles. The van der Waals surface area contributed by atoms with Gasteiger partial charge >= 0.3 is 6.03 Å². The molecule has 1 fully saturated rings. The summed E-state index contributed by atoms with van der Waals surface area (Å²) in [5.41, 5.74) is 1.19. The lowest BCUT2D eigenvalue weighted by Crippen LogP contribution is -2.50. The summed E-state index contributed by atoms with van der Waals surface area (Å²) >= 11 is 5.94. The van der Waals surface area contributed by atoms with Crippen LogP contribution in [0.3, 0.4) is 0 Å². The van der Waals surface area contributed by atoms with Gasteiger partial charge < -0.3 is 9.64 Å². The molecule has 1 saturated heterocycles. The van der Waals surface area contributed by atoms with Gasteiger partial charge in [-0.1, -0.05) is 11.6 Å². The first-order chi connectivity index (χ1) is 9.66. The summed E-state index contributed by atoms with van der Waals surface area (Å²) in [5.74, 6) is 0.0357. The van der Waals surface area contributed by atoms with E-state index in [4.69, 9.17) is 16.3 Å². The highest BCUT2D eigenvalue weighted by molar-refractivity contribution is 6.31. The summed E-state index contributed by atoms with van der Waals surface area (Å²) in [6, 6.07) is 5.02. The summed E-state index contributed by atoms with van der Waals surface area (Å²) in [4.78, 5) is 27.9. The third-order valence-corrected chi connectivity index (χ3v) is 3.86. The van der Waals surface area contributed by atoms with Crippen molar-refractivity contribution in [2.45, 2.75) is 6.42 Å². The van der Waals surface area contributed by atoms with E-state index in [0.717, 1.165) is 0 Å². The number of benzene rings is 1. The number of hydrogen-bond acceptors (Lipinski definition) is 3. The molecule has 2 amide bonds. The van der Waals surface area contributed by atoms with Gasteiger partial charge in [-0.3, -0.25) is 9.69 Å². The SMILES string of the molecule is O=C1CCN(C(=O)N2CCOCC2)c2ccc(Cl)cc21. The minimum Gasteiger partial charge on any atom is -0.378 e. The standard InChI is InChI=1S/C14H15ClN2O3/c15-10-1-2-12-11(9-10)13(18)3-4-17(12)14(19)16-5-7-20-8-6-16/h1-2,9H,3-8H2. The monoisotopic (exact) mass is 294 g/mol.